The Kier molecular flexibility index (Phi) is 3.54. The van der Waals surface area contributed by atoms with E-state index in [1.807, 2.05) is 6.07 Å². The number of nitrogens with zero attached hydrogens (tertiary/aromatic N) is 2. The van der Waals surface area contributed by atoms with Gasteiger partial charge in [0.1, 0.15) is 0 Å². The van der Waals surface area contributed by atoms with Gasteiger partial charge in [-0.05, 0) is 25.2 Å². The van der Waals surface area contributed by atoms with Crippen LogP contribution in [-0.4, -0.2) is 44.0 Å². The van der Waals surface area contributed by atoms with Crippen LogP contribution in [0, 0.1) is 0 Å². The van der Waals surface area contributed by atoms with Crippen molar-refractivity contribution in [3.05, 3.63) is 28.8 Å². The number of rotatable bonds is 2. The summed E-state index contributed by atoms with van der Waals surface area (Å²) in [6.07, 6.45) is 0. The van der Waals surface area contributed by atoms with E-state index in [9.17, 15) is 4.79 Å². The molecular weight excluding hydrogens is 238 g/mol. The summed E-state index contributed by atoms with van der Waals surface area (Å²) < 4.78 is 0. The molecule has 1 aromatic carbocycles. The molecule has 0 aliphatic carbocycles. The SMILES string of the molecule is CN1CCN(c2ccc(Cl)c(C(N)=O)c2)CC1. The van der Waals surface area contributed by atoms with E-state index in [0.29, 0.717) is 10.6 Å². The van der Waals surface area contributed by atoms with Crippen LogP contribution in [-0.2, 0) is 0 Å². The second-order valence-electron chi connectivity index (χ2n) is 4.32. The predicted octanol–water partition coefficient (Wildman–Crippen LogP) is 1.19. The van der Waals surface area contributed by atoms with Crippen LogP contribution in [0.4, 0.5) is 5.69 Å². The third-order valence-corrected chi connectivity index (χ3v) is 3.41. The lowest BCUT2D eigenvalue weighted by Crippen LogP contribution is -2.44. The third-order valence-electron chi connectivity index (χ3n) is 3.08. The van der Waals surface area contributed by atoms with E-state index < -0.39 is 5.91 Å². The van der Waals surface area contributed by atoms with Crippen molar-refractivity contribution in [2.45, 2.75) is 0 Å². The summed E-state index contributed by atoms with van der Waals surface area (Å²) in [5, 5.41) is 0.412. The van der Waals surface area contributed by atoms with Crippen LogP contribution in [0.1, 0.15) is 10.4 Å². The lowest BCUT2D eigenvalue weighted by Gasteiger charge is -2.34. The maximum absolute atomic E-state index is 11.2. The van der Waals surface area contributed by atoms with E-state index in [4.69, 9.17) is 17.3 Å². The molecule has 1 aromatic rings. The van der Waals surface area contributed by atoms with E-state index in [1.54, 1.807) is 12.1 Å². The number of carbonyl (C=O) groups is 1. The highest BCUT2D eigenvalue weighted by atomic mass is 35.5. The quantitative estimate of drug-likeness (QED) is 0.862. The number of primary amides is 1. The van der Waals surface area contributed by atoms with Crippen LogP contribution >= 0.6 is 11.6 Å². The second-order valence-corrected chi connectivity index (χ2v) is 4.73. The predicted molar refractivity (Wildman–Crippen MR) is 69.7 cm³/mol. The Morgan fingerprint density at radius 1 is 1.29 bits per heavy atom. The van der Waals surface area contributed by atoms with E-state index in [0.717, 1.165) is 31.9 Å². The summed E-state index contributed by atoms with van der Waals surface area (Å²) in [5.74, 6) is -0.481. The highest BCUT2D eigenvalue weighted by Crippen LogP contribution is 2.23. The number of hydrogen-bond donors (Lipinski definition) is 1. The summed E-state index contributed by atoms with van der Waals surface area (Å²) >= 11 is 5.93. The normalized spacial score (nSPS) is 17.2. The number of carbonyl (C=O) groups excluding carboxylic acids is 1. The second kappa shape index (κ2) is 4.94. The molecule has 17 heavy (non-hydrogen) atoms. The Balaban J connectivity index is 2.21. The first-order chi connectivity index (χ1) is 8.08. The standard InChI is InChI=1S/C12H16ClN3O/c1-15-4-6-16(7-5-15)9-2-3-11(13)10(8-9)12(14)17/h2-3,8H,4-7H2,1H3,(H2,14,17). The molecule has 2 N–H and O–H groups in total. The van der Waals surface area contributed by atoms with Gasteiger partial charge in [0.2, 0.25) is 5.91 Å². The topological polar surface area (TPSA) is 49.6 Å². The summed E-state index contributed by atoms with van der Waals surface area (Å²) in [6.45, 7) is 3.95. The van der Waals surface area contributed by atoms with Gasteiger partial charge < -0.3 is 15.5 Å². The average molecular weight is 254 g/mol. The summed E-state index contributed by atoms with van der Waals surface area (Å²) in [6, 6.07) is 5.44. The lowest BCUT2D eigenvalue weighted by atomic mass is 10.1. The Bertz CT molecular complexity index is 428. The molecule has 1 fully saturated rings. The fourth-order valence-electron chi connectivity index (χ4n) is 1.96. The first-order valence-electron chi connectivity index (χ1n) is 5.61. The molecule has 2 rings (SSSR count). The van der Waals surface area contributed by atoms with Crippen molar-refractivity contribution >= 4 is 23.2 Å². The van der Waals surface area contributed by atoms with Crippen molar-refractivity contribution in [1.29, 1.82) is 0 Å². The van der Waals surface area contributed by atoms with Gasteiger partial charge in [0.25, 0.3) is 0 Å². The van der Waals surface area contributed by atoms with Crippen LogP contribution in [0.2, 0.25) is 5.02 Å². The molecule has 4 nitrogen and oxygen atoms in total. The van der Waals surface area contributed by atoms with Crippen molar-refractivity contribution < 1.29 is 4.79 Å². The van der Waals surface area contributed by atoms with E-state index >= 15 is 0 Å². The molecule has 0 saturated carbocycles. The minimum Gasteiger partial charge on any atom is -0.369 e. The van der Waals surface area contributed by atoms with E-state index in [-0.39, 0.29) is 0 Å². The molecule has 0 bridgehead atoms. The largest absolute Gasteiger partial charge is 0.369 e. The van der Waals surface area contributed by atoms with Gasteiger partial charge in [-0.3, -0.25) is 4.79 Å². The molecule has 1 aliphatic heterocycles. The Labute approximate surface area is 106 Å². The van der Waals surface area contributed by atoms with Crippen LogP contribution in [0.25, 0.3) is 0 Å². The Hall–Kier alpha value is -1.26. The number of anilines is 1. The number of piperazine rings is 1. The van der Waals surface area contributed by atoms with Gasteiger partial charge in [0, 0.05) is 31.9 Å². The molecule has 0 radical (unpaired) electrons. The van der Waals surface area contributed by atoms with Crippen LogP contribution < -0.4 is 10.6 Å². The highest BCUT2D eigenvalue weighted by Gasteiger charge is 2.16. The molecule has 0 unspecified atom stereocenters. The zero-order valence-corrected chi connectivity index (χ0v) is 10.6. The fraction of sp³-hybridized carbons (Fsp3) is 0.417. The third kappa shape index (κ3) is 2.70. The summed E-state index contributed by atoms with van der Waals surface area (Å²) in [7, 11) is 2.11. The van der Waals surface area contributed by atoms with Crippen molar-refractivity contribution in [3.63, 3.8) is 0 Å². The van der Waals surface area contributed by atoms with Crippen molar-refractivity contribution in [2.24, 2.45) is 5.73 Å². The zero-order chi connectivity index (χ0) is 12.4. The fourth-order valence-corrected chi connectivity index (χ4v) is 2.17. The van der Waals surface area contributed by atoms with Crippen molar-refractivity contribution in [3.8, 4) is 0 Å². The smallest absolute Gasteiger partial charge is 0.250 e. The van der Waals surface area contributed by atoms with Crippen LogP contribution in [0.3, 0.4) is 0 Å². The minimum absolute atomic E-state index is 0.392. The summed E-state index contributed by atoms with van der Waals surface area (Å²) in [4.78, 5) is 15.7. The molecule has 0 atom stereocenters. The number of hydrogen-bond acceptors (Lipinski definition) is 3. The number of benzene rings is 1. The van der Waals surface area contributed by atoms with Crippen molar-refractivity contribution in [2.75, 3.05) is 38.1 Å². The number of likely N-dealkylation sites (N-methyl/N-ethyl adjacent to an activating group) is 1. The molecule has 92 valence electrons. The van der Waals surface area contributed by atoms with E-state index in [2.05, 4.69) is 16.8 Å². The Morgan fingerprint density at radius 3 is 2.53 bits per heavy atom. The van der Waals surface area contributed by atoms with Gasteiger partial charge in [-0.2, -0.15) is 0 Å². The lowest BCUT2D eigenvalue weighted by molar-refractivity contribution is 0.100. The van der Waals surface area contributed by atoms with Gasteiger partial charge in [-0.1, -0.05) is 11.6 Å². The number of amides is 1. The molecule has 1 aliphatic rings. The van der Waals surface area contributed by atoms with Gasteiger partial charge in [-0.15, -0.1) is 0 Å². The van der Waals surface area contributed by atoms with Gasteiger partial charge in [0.15, 0.2) is 0 Å². The highest BCUT2D eigenvalue weighted by molar-refractivity contribution is 6.33. The maximum atomic E-state index is 11.2. The van der Waals surface area contributed by atoms with E-state index in [1.165, 1.54) is 0 Å². The van der Waals surface area contributed by atoms with Gasteiger partial charge in [0.05, 0.1) is 10.6 Å². The summed E-state index contributed by atoms with van der Waals surface area (Å²) in [5.41, 5.74) is 6.69. The van der Waals surface area contributed by atoms with Crippen LogP contribution in [0.15, 0.2) is 18.2 Å². The molecule has 1 heterocycles. The molecule has 1 amide bonds. The number of nitrogens with two attached hydrogens (primary N) is 1. The minimum atomic E-state index is -0.481. The van der Waals surface area contributed by atoms with Gasteiger partial charge in [-0.25, -0.2) is 0 Å². The number of halogens is 1. The van der Waals surface area contributed by atoms with Gasteiger partial charge >= 0.3 is 0 Å². The maximum Gasteiger partial charge on any atom is 0.250 e. The van der Waals surface area contributed by atoms with Crippen molar-refractivity contribution in [1.82, 2.24) is 4.90 Å². The Morgan fingerprint density at radius 2 is 1.94 bits per heavy atom. The average Bonchev–Trinajstić information content (AvgIpc) is 2.30. The molecule has 0 spiro atoms. The molecule has 5 heteroatoms. The molecule has 0 aromatic heterocycles. The first kappa shape index (κ1) is 12.2. The molecule has 1 saturated heterocycles. The first-order valence-corrected chi connectivity index (χ1v) is 5.98. The monoisotopic (exact) mass is 253 g/mol. The van der Waals surface area contributed by atoms with Crippen LogP contribution in [0.5, 0.6) is 0 Å². The molecular formula is C12H16ClN3O. The zero-order valence-electron chi connectivity index (χ0n) is 9.82.